The smallest absolute Gasteiger partial charge is 0.333 e. The highest BCUT2D eigenvalue weighted by Gasteiger charge is 2.14. The second-order valence-electron chi connectivity index (χ2n) is 3.10. The number of carbonyl (C=O) groups is 1. The van der Waals surface area contributed by atoms with Crippen molar-refractivity contribution in [3.8, 4) is 0 Å². The number of aliphatic hydroxyl groups is 1. The third-order valence-electron chi connectivity index (χ3n) is 1.62. The first kappa shape index (κ1) is 11.9. The van der Waals surface area contributed by atoms with E-state index in [9.17, 15) is 4.79 Å². The second kappa shape index (κ2) is 5.09. The molecule has 0 aliphatic rings. The molecule has 0 aliphatic carbocycles. The van der Waals surface area contributed by atoms with Crippen LogP contribution in [0.25, 0.3) is 0 Å². The molecule has 5 nitrogen and oxygen atoms in total. The van der Waals surface area contributed by atoms with Gasteiger partial charge in [-0.3, -0.25) is 0 Å². The van der Waals surface area contributed by atoms with Crippen LogP contribution in [0.2, 0.25) is 0 Å². The molecule has 1 aromatic rings. The van der Waals surface area contributed by atoms with Gasteiger partial charge in [-0.15, -0.1) is 0 Å². The number of hydrogen-bond donors (Lipinski definition) is 2. The van der Waals surface area contributed by atoms with Gasteiger partial charge in [0.15, 0.2) is 11.3 Å². The van der Waals surface area contributed by atoms with Crippen LogP contribution in [0.5, 0.6) is 0 Å². The molecule has 0 amide bonds. The number of aromatic nitrogens is 2. The van der Waals surface area contributed by atoms with Gasteiger partial charge in [-0.25, -0.2) is 14.8 Å². The van der Waals surface area contributed by atoms with Gasteiger partial charge in [0.2, 0.25) is 0 Å². The zero-order valence-electron chi connectivity index (χ0n) is 8.47. The number of rotatable bonds is 4. The lowest BCUT2D eigenvalue weighted by Crippen LogP contribution is -2.22. The van der Waals surface area contributed by atoms with Crippen molar-refractivity contribution in [3.05, 3.63) is 17.5 Å². The highest BCUT2D eigenvalue weighted by molar-refractivity contribution is 7.99. The zero-order chi connectivity index (χ0) is 11.4. The number of aryl methyl sites for hydroxylation is 2. The molecule has 1 aromatic heterocycles. The van der Waals surface area contributed by atoms with E-state index in [1.807, 2.05) is 19.9 Å². The van der Waals surface area contributed by atoms with Gasteiger partial charge < -0.3 is 10.2 Å². The van der Waals surface area contributed by atoms with Crippen molar-refractivity contribution < 1.29 is 15.0 Å². The molecular weight excluding hydrogens is 216 g/mol. The van der Waals surface area contributed by atoms with E-state index in [0.29, 0.717) is 5.16 Å². The van der Waals surface area contributed by atoms with Crippen LogP contribution in [-0.2, 0) is 4.79 Å². The summed E-state index contributed by atoms with van der Waals surface area (Å²) in [6, 6.07) is 1.83. The van der Waals surface area contributed by atoms with E-state index in [4.69, 9.17) is 10.2 Å². The highest BCUT2D eigenvalue weighted by atomic mass is 32.2. The molecule has 0 spiro atoms. The van der Waals surface area contributed by atoms with Crippen molar-refractivity contribution in [3.63, 3.8) is 0 Å². The summed E-state index contributed by atoms with van der Waals surface area (Å²) >= 11 is 1.13. The van der Waals surface area contributed by atoms with Crippen molar-refractivity contribution in [1.29, 1.82) is 0 Å². The predicted octanol–water partition coefficient (Wildman–Crippen LogP) is 0.631. The lowest BCUT2D eigenvalue weighted by Gasteiger charge is -2.05. The van der Waals surface area contributed by atoms with Gasteiger partial charge >= 0.3 is 5.97 Å². The maximum atomic E-state index is 10.4. The third kappa shape index (κ3) is 3.85. The Morgan fingerprint density at radius 2 is 2.00 bits per heavy atom. The fraction of sp³-hybridized carbons (Fsp3) is 0.444. The minimum absolute atomic E-state index is 0.0538. The third-order valence-corrected chi connectivity index (χ3v) is 2.54. The minimum Gasteiger partial charge on any atom is -0.479 e. The van der Waals surface area contributed by atoms with E-state index in [0.717, 1.165) is 23.1 Å². The van der Waals surface area contributed by atoms with Crippen molar-refractivity contribution in [2.45, 2.75) is 25.1 Å². The number of carboxylic acids is 1. The van der Waals surface area contributed by atoms with Crippen LogP contribution in [0.1, 0.15) is 11.4 Å². The topological polar surface area (TPSA) is 83.3 Å². The van der Waals surface area contributed by atoms with Crippen LogP contribution < -0.4 is 0 Å². The van der Waals surface area contributed by atoms with Gasteiger partial charge in [0.05, 0.1) is 0 Å². The number of thioether (sulfide) groups is 1. The van der Waals surface area contributed by atoms with E-state index in [-0.39, 0.29) is 5.75 Å². The van der Waals surface area contributed by atoms with Gasteiger partial charge in [0, 0.05) is 17.1 Å². The van der Waals surface area contributed by atoms with Crippen LogP contribution in [-0.4, -0.2) is 38.0 Å². The normalized spacial score (nSPS) is 12.5. The molecule has 1 rings (SSSR count). The number of nitrogens with zero attached hydrogens (tertiary/aromatic N) is 2. The Labute approximate surface area is 91.6 Å². The average Bonchev–Trinajstić information content (AvgIpc) is 2.12. The molecule has 0 fully saturated rings. The summed E-state index contributed by atoms with van der Waals surface area (Å²) in [4.78, 5) is 18.6. The maximum Gasteiger partial charge on any atom is 0.333 e. The Kier molecular flexibility index (Phi) is 4.05. The summed E-state index contributed by atoms with van der Waals surface area (Å²) in [5.41, 5.74) is 1.66. The number of aliphatic hydroxyl groups excluding tert-OH is 1. The van der Waals surface area contributed by atoms with Crippen LogP contribution >= 0.6 is 11.8 Å². The van der Waals surface area contributed by atoms with E-state index >= 15 is 0 Å². The van der Waals surface area contributed by atoms with Crippen molar-refractivity contribution in [2.24, 2.45) is 0 Å². The van der Waals surface area contributed by atoms with E-state index in [1.54, 1.807) is 0 Å². The Bertz CT molecular complexity index is 350. The Balaban J connectivity index is 2.61. The molecule has 15 heavy (non-hydrogen) atoms. The van der Waals surface area contributed by atoms with Crippen molar-refractivity contribution >= 4 is 17.7 Å². The molecule has 2 N–H and O–H groups in total. The summed E-state index contributed by atoms with van der Waals surface area (Å²) in [6.07, 6.45) is -1.38. The predicted molar refractivity (Wildman–Crippen MR) is 55.9 cm³/mol. The molecule has 1 unspecified atom stereocenters. The van der Waals surface area contributed by atoms with Crippen LogP contribution in [0.3, 0.4) is 0 Å². The standard InChI is InChI=1S/C9H12N2O3S/c1-5-3-6(2)11-9(10-5)15-4-7(12)8(13)14/h3,7,12H,4H2,1-2H3,(H,13,14). The molecular formula is C9H12N2O3S. The summed E-state index contributed by atoms with van der Waals surface area (Å²) in [5, 5.41) is 18.0. The highest BCUT2D eigenvalue weighted by Crippen LogP contribution is 2.15. The molecule has 0 aromatic carbocycles. The summed E-state index contributed by atoms with van der Waals surface area (Å²) in [7, 11) is 0. The lowest BCUT2D eigenvalue weighted by molar-refractivity contribution is -0.145. The zero-order valence-corrected chi connectivity index (χ0v) is 9.28. The van der Waals surface area contributed by atoms with Crippen LogP contribution in [0.15, 0.2) is 11.2 Å². The fourth-order valence-electron chi connectivity index (χ4n) is 0.983. The van der Waals surface area contributed by atoms with Crippen molar-refractivity contribution in [1.82, 2.24) is 9.97 Å². The van der Waals surface area contributed by atoms with Crippen LogP contribution in [0.4, 0.5) is 0 Å². The van der Waals surface area contributed by atoms with Gasteiger partial charge in [-0.1, -0.05) is 11.8 Å². The molecule has 0 bridgehead atoms. The second-order valence-corrected chi connectivity index (χ2v) is 4.09. The number of aliphatic carboxylic acids is 1. The van der Waals surface area contributed by atoms with E-state index in [1.165, 1.54) is 0 Å². The number of hydrogen-bond acceptors (Lipinski definition) is 5. The summed E-state index contributed by atoms with van der Waals surface area (Å²) in [5.74, 6) is -1.18. The molecule has 0 radical (unpaired) electrons. The van der Waals surface area contributed by atoms with E-state index in [2.05, 4.69) is 9.97 Å². The van der Waals surface area contributed by atoms with Gasteiger partial charge in [-0.05, 0) is 19.9 Å². The SMILES string of the molecule is Cc1cc(C)nc(SCC(O)C(=O)O)n1. The van der Waals surface area contributed by atoms with Gasteiger partial charge in [-0.2, -0.15) is 0 Å². The van der Waals surface area contributed by atoms with Gasteiger partial charge in [0.25, 0.3) is 0 Å². The molecule has 1 heterocycles. The monoisotopic (exact) mass is 228 g/mol. The number of carboxylic acid groups (broad SMARTS) is 1. The molecule has 1 atom stereocenters. The summed E-state index contributed by atoms with van der Waals surface area (Å²) < 4.78 is 0. The maximum absolute atomic E-state index is 10.4. The summed E-state index contributed by atoms with van der Waals surface area (Å²) in [6.45, 7) is 3.68. The Hall–Kier alpha value is -1.14. The van der Waals surface area contributed by atoms with Crippen LogP contribution in [0, 0.1) is 13.8 Å². The Morgan fingerprint density at radius 1 is 1.47 bits per heavy atom. The first-order chi connectivity index (χ1) is 6.99. The molecule has 6 heteroatoms. The molecule has 0 aliphatic heterocycles. The average molecular weight is 228 g/mol. The first-order valence-corrected chi connectivity index (χ1v) is 5.33. The van der Waals surface area contributed by atoms with Gasteiger partial charge in [0.1, 0.15) is 0 Å². The van der Waals surface area contributed by atoms with Crippen molar-refractivity contribution in [2.75, 3.05) is 5.75 Å². The minimum atomic E-state index is -1.38. The molecule has 0 saturated heterocycles. The first-order valence-electron chi connectivity index (χ1n) is 4.35. The van der Waals surface area contributed by atoms with E-state index < -0.39 is 12.1 Å². The lowest BCUT2D eigenvalue weighted by atomic mass is 10.4. The molecule has 82 valence electrons. The molecule has 0 saturated carbocycles. The quantitative estimate of drug-likeness (QED) is 0.581. The largest absolute Gasteiger partial charge is 0.479 e. The fourth-order valence-corrected chi connectivity index (χ4v) is 1.85. The Morgan fingerprint density at radius 3 is 2.47 bits per heavy atom.